The first kappa shape index (κ1) is 24.3. The van der Waals surface area contributed by atoms with Crippen LogP contribution in [0.1, 0.15) is 32.1 Å². The highest BCUT2D eigenvalue weighted by molar-refractivity contribution is 7.96. The number of ether oxygens (including phenoxy) is 1. The predicted molar refractivity (Wildman–Crippen MR) is 141 cm³/mol. The van der Waals surface area contributed by atoms with Crippen molar-refractivity contribution >= 4 is 45.4 Å². The van der Waals surface area contributed by atoms with Crippen LogP contribution < -0.4 is 20.7 Å². The van der Waals surface area contributed by atoms with Gasteiger partial charge in [0.15, 0.2) is 0 Å². The molecule has 0 unspecified atom stereocenters. The van der Waals surface area contributed by atoms with E-state index in [-0.39, 0.29) is 0 Å². The Bertz CT molecular complexity index is 1410. The van der Waals surface area contributed by atoms with Gasteiger partial charge in [0, 0.05) is 22.6 Å². The van der Waals surface area contributed by atoms with Crippen LogP contribution in [0, 0.1) is 0 Å². The fourth-order valence-electron chi connectivity index (χ4n) is 4.27. The van der Waals surface area contributed by atoms with Crippen LogP contribution in [0.2, 0.25) is 5.02 Å². The van der Waals surface area contributed by atoms with Gasteiger partial charge in [-0.25, -0.2) is 9.36 Å². The summed E-state index contributed by atoms with van der Waals surface area (Å²) in [6.07, 6.45) is 10.6. The Labute approximate surface area is 206 Å². The van der Waals surface area contributed by atoms with E-state index in [0.29, 0.717) is 38.3 Å². The molecule has 0 radical (unpaired) electrons. The minimum absolute atomic E-state index is 0.306. The van der Waals surface area contributed by atoms with Crippen molar-refractivity contribution in [2.75, 3.05) is 13.4 Å². The third-order valence-corrected chi connectivity index (χ3v) is 6.71. The fraction of sp³-hybridized carbons (Fsp3) is 0.320. The molecule has 4 aromatic rings. The molecule has 9 heteroatoms. The van der Waals surface area contributed by atoms with E-state index in [0.717, 1.165) is 10.6 Å². The number of hydrogen-bond donors (Lipinski definition) is 2. The molecule has 2 heterocycles. The number of aromatic nitrogens is 3. The monoisotopic (exact) mass is 498 g/mol. The van der Waals surface area contributed by atoms with E-state index >= 15 is 0 Å². The van der Waals surface area contributed by atoms with Gasteiger partial charge in [0.25, 0.3) is 5.56 Å². The predicted octanol–water partition coefficient (Wildman–Crippen LogP) is 5.08. The maximum atomic E-state index is 12.9. The summed E-state index contributed by atoms with van der Waals surface area (Å²) in [7, 11) is 1.54. The molecule has 34 heavy (non-hydrogen) atoms. The standard InChI is InChI=1S/C18H12ClN3O3.C7H15NS/c1-25-14-7-3-6-12-15-13(9-20-16(12)14)17(23)22(18(24)21-15)11-5-2-4-10(19)8-11;1-9-8-7-5-3-2-4-6-7/h2-9H,1H3,(H,21,24);7-8H,2-6H2,1H3. The van der Waals surface area contributed by atoms with E-state index in [9.17, 15) is 9.59 Å². The van der Waals surface area contributed by atoms with Crippen LogP contribution in [-0.2, 0) is 0 Å². The summed E-state index contributed by atoms with van der Waals surface area (Å²) in [6.45, 7) is 0. The van der Waals surface area contributed by atoms with Gasteiger partial charge in [-0.3, -0.25) is 14.5 Å². The Hall–Kier alpha value is -2.81. The van der Waals surface area contributed by atoms with Crippen LogP contribution in [0.3, 0.4) is 0 Å². The lowest BCUT2D eigenvalue weighted by atomic mass is 9.96. The number of hydrogen-bond acceptors (Lipinski definition) is 6. The topological polar surface area (TPSA) is 89.0 Å². The molecule has 5 rings (SSSR count). The molecule has 2 aromatic heterocycles. The van der Waals surface area contributed by atoms with Crippen LogP contribution >= 0.6 is 23.5 Å². The van der Waals surface area contributed by atoms with Crippen molar-refractivity contribution in [3.8, 4) is 11.4 Å². The zero-order valence-corrected chi connectivity index (χ0v) is 20.7. The van der Waals surface area contributed by atoms with E-state index in [4.69, 9.17) is 16.3 Å². The number of benzene rings is 2. The number of pyridine rings is 1. The second-order valence-electron chi connectivity index (χ2n) is 8.11. The van der Waals surface area contributed by atoms with Crippen LogP contribution in [0.15, 0.2) is 58.3 Å². The molecule has 0 amide bonds. The molecule has 0 spiro atoms. The molecule has 2 aromatic carbocycles. The third-order valence-electron chi connectivity index (χ3n) is 5.90. The van der Waals surface area contributed by atoms with Crippen molar-refractivity contribution in [2.45, 2.75) is 38.1 Å². The minimum atomic E-state index is -0.546. The van der Waals surface area contributed by atoms with Gasteiger partial charge in [-0.15, -0.1) is 0 Å². The first-order valence-electron chi connectivity index (χ1n) is 11.2. The second-order valence-corrected chi connectivity index (χ2v) is 9.19. The molecule has 2 N–H and O–H groups in total. The van der Waals surface area contributed by atoms with Gasteiger partial charge >= 0.3 is 5.69 Å². The van der Waals surface area contributed by atoms with Crippen molar-refractivity contribution in [3.05, 3.63) is 74.5 Å². The Morgan fingerprint density at radius 3 is 2.59 bits per heavy atom. The molecule has 178 valence electrons. The summed E-state index contributed by atoms with van der Waals surface area (Å²) < 4.78 is 9.74. The van der Waals surface area contributed by atoms with Crippen molar-refractivity contribution in [1.29, 1.82) is 0 Å². The first-order chi connectivity index (χ1) is 16.5. The van der Waals surface area contributed by atoms with Gasteiger partial charge in [0.1, 0.15) is 11.3 Å². The molecule has 0 atom stereocenters. The highest BCUT2D eigenvalue weighted by Crippen LogP contribution is 2.27. The number of halogens is 1. The normalized spacial score (nSPS) is 14.1. The van der Waals surface area contributed by atoms with E-state index in [1.807, 2.05) is 0 Å². The smallest absolute Gasteiger partial charge is 0.333 e. The molecule has 1 aliphatic rings. The lowest BCUT2D eigenvalue weighted by Gasteiger charge is -2.20. The quantitative estimate of drug-likeness (QED) is 0.301. The number of nitrogens with one attached hydrogen (secondary N) is 2. The summed E-state index contributed by atoms with van der Waals surface area (Å²) in [4.78, 5) is 32.6. The van der Waals surface area contributed by atoms with Crippen molar-refractivity contribution in [2.24, 2.45) is 0 Å². The lowest BCUT2D eigenvalue weighted by molar-refractivity contribution is 0.419. The molecular formula is C25H27ClN4O3S. The Balaban J connectivity index is 0.000000257. The fourth-order valence-corrected chi connectivity index (χ4v) is 5.02. The van der Waals surface area contributed by atoms with Crippen molar-refractivity contribution in [3.63, 3.8) is 0 Å². The number of para-hydroxylation sites is 1. The Kier molecular flexibility index (Phi) is 7.92. The third kappa shape index (κ3) is 5.14. The van der Waals surface area contributed by atoms with Gasteiger partial charge in [-0.05, 0) is 43.4 Å². The van der Waals surface area contributed by atoms with E-state index in [1.165, 1.54) is 38.3 Å². The summed E-state index contributed by atoms with van der Waals surface area (Å²) in [5.74, 6) is 0.569. The molecule has 1 aliphatic carbocycles. The number of aromatic amines is 1. The number of nitrogens with zero attached hydrogens (tertiary/aromatic N) is 2. The number of rotatable bonds is 4. The van der Waals surface area contributed by atoms with E-state index < -0.39 is 11.2 Å². The number of H-pyrrole nitrogens is 1. The van der Waals surface area contributed by atoms with Gasteiger partial charge in [-0.1, -0.05) is 61.0 Å². The van der Waals surface area contributed by atoms with Gasteiger partial charge in [-0.2, -0.15) is 0 Å². The average molecular weight is 499 g/mol. The largest absolute Gasteiger partial charge is 0.494 e. The Morgan fingerprint density at radius 1 is 1.12 bits per heavy atom. The SMILES string of the molecule is COc1cccc2c1ncc1c(=O)n(-c3cccc(Cl)c3)c(=O)[nH]c12.CSNC1CCCCC1. The Morgan fingerprint density at radius 2 is 1.88 bits per heavy atom. The zero-order valence-electron chi connectivity index (χ0n) is 19.1. The molecule has 0 aliphatic heterocycles. The van der Waals surface area contributed by atoms with Crippen LogP contribution in [0.25, 0.3) is 27.5 Å². The van der Waals surface area contributed by atoms with Gasteiger partial charge in [0.2, 0.25) is 0 Å². The van der Waals surface area contributed by atoms with Crippen LogP contribution in [0.4, 0.5) is 0 Å². The maximum Gasteiger partial charge on any atom is 0.333 e. The minimum Gasteiger partial charge on any atom is -0.494 e. The van der Waals surface area contributed by atoms with Crippen molar-refractivity contribution < 1.29 is 4.74 Å². The summed E-state index contributed by atoms with van der Waals surface area (Å²) in [6, 6.07) is 12.7. The van der Waals surface area contributed by atoms with Crippen LogP contribution in [-0.4, -0.2) is 33.9 Å². The van der Waals surface area contributed by atoms with E-state index in [1.54, 1.807) is 61.5 Å². The van der Waals surface area contributed by atoms with Gasteiger partial charge < -0.3 is 9.72 Å². The summed E-state index contributed by atoms with van der Waals surface area (Å²) >= 11 is 7.73. The van der Waals surface area contributed by atoms with Crippen molar-refractivity contribution in [1.82, 2.24) is 19.3 Å². The molecule has 1 fully saturated rings. The van der Waals surface area contributed by atoms with Gasteiger partial charge in [0.05, 0.1) is 23.7 Å². The number of fused-ring (bicyclic) bond motifs is 3. The number of methoxy groups -OCH3 is 1. The molecule has 0 saturated heterocycles. The van der Waals surface area contributed by atoms with E-state index in [2.05, 4.69) is 20.9 Å². The van der Waals surface area contributed by atoms with Crippen LogP contribution in [0.5, 0.6) is 5.75 Å². The maximum absolute atomic E-state index is 12.9. The zero-order chi connectivity index (χ0) is 24.1. The molecule has 0 bridgehead atoms. The average Bonchev–Trinajstić information content (AvgIpc) is 2.85. The highest BCUT2D eigenvalue weighted by Gasteiger charge is 2.14. The second kappa shape index (κ2) is 11.1. The summed E-state index contributed by atoms with van der Waals surface area (Å²) in [5, 5.41) is 1.38. The molecular weight excluding hydrogens is 472 g/mol. The summed E-state index contributed by atoms with van der Waals surface area (Å²) in [5.41, 5.74) is 0.393. The highest BCUT2D eigenvalue weighted by atomic mass is 35.5. The molecule has 7 nitrogen and oxygen atoms in total. The lowest BCUT2D eigenvalue weighted by Crippen LogP contribution is -2.33. The molecule has 1 saturated carbocycles. The first-order valence-corrected chi connectivity index (χ1v) is 12.8.